The lowest BCUT2D eigenvalue weighted by Crippen LogP contribution is -2.33. The van der Waals surface area contributed by atoms with Crippen LogP contribution in [0.2, 0.25) is 0 Å². The highest BCUT2D eigenvalue weighted by molar-refractivity contribution is 7.94. The molecule has 0 unspecified atom stereocenters. The van der Waals surface area contributed by atoms with Crippen molar-refractivity contribution < 1.29 is 31.1 Å². The Morgan fingerprint density at radius 1 is 1.38 bits per heavy atom. The van der Waals surface area contributed by atoms with Crippen LogP contribution in [-0.4, -0.2) is 54.9 Å². The predicted octanol–water partition coefficient (Wildman–Crippen LogP) is 0.219. The SMILES string of the molecule is COc1ccc(N2C(=O)CCS2(=O)=O)cc1S(=O)(=O)NC[C@H]1CCCO1. The molecule has 2 fully saturated rings. The first-order valence-electron chi connectivity index (χ1n) is 8.10. The Labute approximate surface area is 152 Å². The molecule has 3 rings (SSSR count). The van der Waals surface area contributed by atoms with Crippen molar-refractivity contribution in [3.63, 3.8) is 0 Å². The Balaban J connectivity index is 1.93. The van der Waals surface area contributed by atoms with Gasteiger partial charge in [0.15, 0.2) is 0 Å². The van der Waals surface area contributed by atoms with E-state index in [0.717, 1.165) is 18.9 Å². The number of methoxy groups -OCH3 is 1. The van der Waals surface area contributed by atoms with E-state index in [9.17, 15) is 21.6 Å². The molecule has 1 aromatic rings. The molecule has 144 valence electrons. The average Bonchev–Trinajstić information content (AvgIpc) is 3.20. The molecule has 1 aromatic carbocycles. The molecule has 0 aromatic heterocycles. The normalized spacial score (nSPS) is 22.7. The molecule has 11 heteroatoms. The second kappa shape index (κ2) is 7.14. The zero-order chi connectivity index (χ0) is 18.9. The highest BCUT2D eigenvalue weighted by atomic mass is 32.2. The summed E-state index contributed by atoms with van der Waals surface area (Å²) in [6, 6.07) is 3.81. The first-order chi connectivity index (χ1) is 12.2. The zero-order valence-electron chi connectivity index (χ0n) is 14.2. The minimum Gasteiger partial charge on any atom is -0.495 e. The fourth-order valence-electron chi connectivity index (χ4n) is 2.96. The van der Waals surface area contributed by atoms with Gasteiger partial charge in [0.25, 0.3) is 0 Å². The number of ether oxygens (including phenoxy) is 2. The molecule has 2 aliphatic rings. The number of nitrogens with zero attached hydrogens (tertiary/aromatic N) is 1. The molecule has 0 saturated carbocycles. The number of hydrogen-bond donors (Lipinski definition) is 1. The molecule has 1 N–H and O–H groups in total. The lowest BCUT2D eigenvalue weighted by Gasteiger charge is -2.18. The van der Waals surface area contributed by atoms with Gasteiger partial charge in [-0.3, -0.25) is 4.79 Å². The van der Waals surface area contributed by atoms with E-state index in [1.54, 1.807) is 0 Å². The molecule has 0 aliphatic carbocycles. The van der Waals surface area contributed by atoms with Crippen LogP contribution in [0.1, 0.15) is 19.3 Å². The van der Waals surface area contributed by atoms with Crippen molar-refractivity contribution in [1.29, 1.82) is 0 Å². The summed E-state index contributed by atoms with van der Waals surface area (Å²) in [7, 11) is -6.46. The van der Waals surface area contributed by atoms with E-state index in [1.807, 2.05) is 0 Å². The van der Waals surface area contributed by atoms with E-state index < -0.39 is 26.0 Å². The van der Waals surface area contributed by atoms with Crippen molar-refractivity contribution in [2.75, 3.05) is 30.3 Å². The lowest BCUT2D eigenvalue weighted by molar-refractivity contribution is -0.116. The Bertz CT molecular complexity index is 906. The van der Waals surface area contributed by atoms with E-state index in [1.165, 1.54) is 19.2 Å². The van der Waals surface area contributed by atoms with Crippen LogP contribution in [0, 0.1) is 0 Å². The lowest BCUT2D eigenvalue weighted by atomic mass is 10.2. The van der Waals surface area contributed by atoms with Crippen LogP contribution < -0.4 is 13.8 Å². The molecular formula is C15H20N2O7S2. The van der Waals surface area contributed by atoms with Crippen molar-refractivity contribution in [2.45, 2.75) is 30.3 Å². The van der Waals surface area contributed by atoms with E-state index in [2.05, 4.69) is 4.72 Å². The maximum absolute atomic E-state index is 12.7. The molecule has 0 spiro atoms. The highest BCUT2D eigenvalue weighted by Crippen LogP contribution is 2.32. The van der Waals surface area contributed by atoms with E-state index in [0.29, 0.717) is 10.9 Å². The summed E-state index contributed by atoms with van der Waals surface area (Å²) >= 11 is 0. The monoisotopic (exact) mass is 404 g/mol. The Hall–Kier alpha value is -1.69. The molecule has 26 heavy (non-hydrogen) atoms. The van der Waals surface area contributed by atoms with Gasteiger partial charge in [-0.2, -0.15) is 0 Å². The quantitative estimate of drug-likeness (QED) is 0.720. The van der Waals surface area contributed by atoms with Crippen LogP contribution in [0.4, 0.5) is 5.69 Å². The number of hydrogen-bond acceptors (Lipinski definition) is 7. The summed E-state index contributed by atoms with van der Waals surface area (Å²) in [6.45, 7) is 0.705. The fraction of sp³-hybridized carbons (Fsp3) is 0.533. The van der Waals surface area contributed by atoms with Crippen LogP contribution in [0.5, 0.6) is 5.75 Å². The molecule has 2 saturated heterocycles. The van der Waals surface area contributed by atoms with Crippen molar-refractivity contribution in [3.05, 3.63) is 18.2 Å². The molecule has 0 bridgehead atoms. The van der Waals surface area contributed by atoms with E-state index >= 15 is 0 Å². The average molecular weight is 404 g/mol. The maximum atomic E-state index is 12.7. The first-order valence-corrected chi connectivity index (χ1v) is 11.2. The van der Waals surface area contributed by atoms with Gasteiger partial charge in [-0.1, -0.05) is 0 Å². The van der Waals surface area contributed by atoms with Crippen LogP contribution in [0.3, 0.4) is 0 Å². The highest BCUT2D eigenvalue weighted by Gasteiger charge is 2.37. The Morgan fingerprint density at radius 2 is 2.15 bits per heavy atom. The van der Waals surface area contributed by atoms with Gasteiger partial charge in [-0.25, -0.2) is 25.9 Å². The van der Waals surface area contributed by atoms with E-state index in [-0.39, 0.29) is 41.2 Å². The third-order valence-electron chi connectivity index (χ3n) is 4.27. The number of nitrogens with one attached hydrogen (secondary N) is 1. The van der Waals surface area contributed by atoms with Crippen LogP contribution in [0.15, 0.2) is 23.1 Å². The molecule has 1 atom stereocenters. The number of benzene rings is 1. The maximum Gasteiger partial charge on any atom is 0.244 e. The number of amides is 1. The molecule has 2 heterocycles. The summed E-state index contributed by atoms with van der Waals surface area (Å²) in [6.07, 6.45) is 1.31. The number of rotatable bonds is 6. The third-order valence-corrected chi connectivity index (χ3v) is 7.41. The van der Waals surface area contributed by atoms with Gasteiger partial charge in [0.05, 0.1) is 24.7 Å². The summed E-state index contributed by atoms with van der Waals surface area (Å²) in [5, 5.41) is 0. The number of sulfonamides is 2. The van der Waals surface area contributed by atoms with Gasteiger partial charge in [0.2, 0.25) is 26.0 Å². The second-order valence-corrected chi connectivity index (χ2v) is 9.72. The van der Waals surface area contributed by atoms with E-state index in [4.69, 9.17) is 9.47 Å². The molecule has 1 amide bonds. The van der Waals surface area contributed by atoms with Crippen molar-refractivity contribution in [3.8, 4) is 5.75 Å². The van der Waals surface area contributed by atoms with Crippen LogP contribution in [-0.2, 0) is 29.6 Å². The summed E-state index contributed by atoms with van der Waals surface area (Å²) < 4.78 is 63.1. The number of carbonyl (C=O) groups is 1. The van der Waals surface area contributed by atoms with Gasteiger partial charge < -0.3 is 9.47 Å². The number of anilines is 1. The fourth-order valence-corrected chi connectivity index (χ4v) is 5.66. The Morgan fingerprint density at radius 3 is 2.73 bits per heavy atom. The molecular weight excluding hydrogens is 384 g/mol. The topological polar surface area (TPSA) is 119 Å². The predicted molar refractivity (Wildman–Crippen MR) is 93.0 cm³/mol. The Kier molecular flexibility index (Phi) is 5.24. The van der Waals surface area contributed by atoms with Crippen molar-refractivity contribution >= 4 is 31.6 Å². The summed E-state index contributed by atoms with van der Waals surface area (Å²) in [5.74, 6) is -0.833. The second-order valence-electron chi connectivity index (χ2n) is 6.05. The minimum atomic E-state index is -3.99. The smallest absolute Gasteiger partial charge is 0.244 e. The molecule has 0 radical (unpaired) electrons. The van der Waals surface area contributed by atoms with Crippen molar-refractivity contribution in [1.82, 2.24) is 4.72 Å². The van der Waals surface area contributed by atoms with Crippen LogP contribution in [0.25, 0.3) is 0 Å². The van der Waals surface area contributed by atoms with Gasteiger partial charge in [0, 0.05) is 19.6 Å². The molecule has 2 aliphatic heterocycles. The summed E-state index contributed by atoms with van der Waals surface area (Å²) in [5.41, 5.74) is -0.0224. The molecule has 9 nitrogen and oxygen atoms in total. The van der Waals surface area contributed by atoms with Gasteiger partial charge in [0.1, 0.15) is 10.6 Å². The summed E-state index contributed by atoms with van der Waals surface area (Å²) in [4.78, 5) is 11.7. The standard InChI is InChI=1S/C15H20N2O7S2/c1-23-13-5-4-11(17-15(18)6-8-25(17,19)20)9-14(13)26(21,22)16-10-12-3-2-7-24-12/h4-5,9,12,16H,2-3,6-8,10H2,1H3/t12-/m1/s1. The van der Waals surface area contributed by atoms with Gasteiger partial charge in [-0.15, -0.1) is 0 Å². The van der Waals surface area contributed by atoms with Crippen LogP contribution >= 0.6 is 0 Å². The van der Waals surface area contributed by atoms with Gasteiger partial charge >= 0.3 is 0 Å². The number of carbonyl (C=O) groups excluding carboxylic acids is 1. The zero-order valence-corrected chi connectivity index (χ0v) is 15.8. The third kappa shape index (κ3) is 3.70. The van der Waals surface area contributed by atoms with Crippen molar-refractivity contribution in [2.24, 2.45) is 0 Å². The minimum absolute atomic E-state index is 0.0224. The largest absolute Gasteiger partial charge is 0.495 e. The first kappa shape index (κ1) is 19.1. The van der Waals surface area contributed by atoms with Gasteiger partial charge in [-0.05, 0) is 31.0 Å².